The topological polar surface area (TPSA) is 55.8 Å². The zero-order valence-corrected chi connectivity index (χ0v) is 11.4. The molecular weight excluding hydrogens is 301 g/mol. The molecule has 1 rings (SSSR count). The van der Waals surface area contributed by atoms with Crippen LogP contribution in [-0.4, -0.2) is 23.9 Å². The predicted molar refractivity (Wildman–Crippen MR) is 63.9 cm³/mol. The van der Waals surface area contributed by atoms with Gasteiger partial charge < -0.3 is 5.11 Å². The average Bonchev–Trinajstić information content (AvgIpc) is 2.36. The van der Waals surface area contributed by atoms with E-state index in [9.17, 15) is 23.1 Å². The first-order chi connectivity index (χ1) is 9.14. The second kappa shape index (κ2) is 5.99. The number of alkyl halides is 3. The molecule has 4 nitrogen and oxygen atoms in total. The molecule has 0 aliphatic carbocycles. The molecule has 0 aromatic heterocycles. The van der Waals surface area contributed by atoms with Crippen LogP contribution in [0.5, 0.6) is 0 Å². The van der Waals surface area contributed by atoms with Crippen LogP contribution in [0.15, 0.2) is 18.2 Å². The van der Waals surface area contributed by atoms with Crippen molar-refractivity contribution in [2.24, 2.45) is 0 Å². The highest BCUT2D eigenvalue weighted by atomic mass is 35.5. The molecule has 0 heterocycles. The first-order valence-corrected chi connectivity index (χ1v) is 5.92. The molecule has 20 heavy (non-hydrogen) atoms. The second-order valence-electron chi connectivity index (χ2n) is 3.95. The first-order valence-electron chi connectivity index (χ1n) is 5.54. The van der Waals surface area contributed by atoms with Crippen molar-refractivity contribution in [3.05, 3.63) is 34.3 Å². The van der Waals surface area contributed by atoms with Gasteiger partial charge in [-0.2, -0.15) is 18.1 Å². The molecule has 0 amide bonds. The minimum Gasteiger partial charge on any atom is -0.367 e. The van der Waals surface area contributed by atoms with Crippen molar-refractivity contribution in [1.82, 2.24) is 0 Å². The lowest BCUT2D eigenvalue weighted by atomic mass is 9.92. The van der Waals surface area contributed by atoms with Gasteiger partial charge in [-0.1, -0.05) is 23.7 Å². The summed E-state index contributed by atoms with van der Waals surface area (Å²) in [5.74, 6) is -1.98. The van der Waals surface area contributed by atoms with E-state index in [4.69, 9.17) is 11.6 Å². The number of rotatable bonds is 4. The minimum absolute atomic E-state index is 0.0191. The number of benzene rings is 1. The van der Waals surface area contributed by atoms with E-state index in [1.54, 1.807) is 6.92 Å². The summed E-state index contributed by atoms with van der Waals surface area (Å²) in [4.78, 5) is 19.6. The molecular formula is C12H12ClF3O4. The van der Waals surface area contributed by atoms with Gasteiger partial charge in [0.25, 0.3) is 5.60 Å². The maximum Gasteiger partial charge on any atom is 0.432 e. The van der Waals surface area contributed by atoms with Crippen LogP contribution in [0.2, 0.25) is 5.02 Å². The van der Waals surface area contributed by atoms with Gasteiger partial charge in [-0.3, -0.25) is 4.89 Å². The summed E-state index contributed by atoms with van der Waals surface area (Å²) in [6, 6.07) is 3.06. The summed E-state index contributed by atoms with van der Waals surface area (Å²) < 4.78 is 39.2. The molecule has 1 aromatic rings. The molecule has 0 fully saturated rings. The normalized spacial score (nSPS) is 14.8. The van der Waals surface area contributed by atoms with E-state index in [1.165, 1.54) is 13.0 Å². The maximum atomic E-state index is 13.1. The fourth-order valence-electron chi connectivity index (χ4n) is 1.39. The van der Waals surface area contributed by atoms with E-state index in [-0.39, 0.29) is 11.6 Å². The Morgan fingerprint density at radius 1 is 1.40 bits per heavy atom. The largest absolute Gasteiger partial charge is 0.432 e. The van der Waals surface area contributed by atoms with Crippen LogP contribution in [0.3, 0.4) is 0 Å². The number of hydrogen-bond acceptors (Lipinski definition) is 4. The zero-order valence-electron chi connectivity index (χ0n) is 10.6. The molecule has 0 saturated carbocycles. The van der Waals surface area contributed by atoms with Gasteiger partial charge in [-0.25, -0.2) is 4.79 Å². The number of carbonyl (C=O) groups is 1. The third-order valence-electron chi connectivity index (χ3n) is 2.55. The lowest BCUT2D eigenvalue weighted by Crippen LogP contribution is -2.50. The molecule has 0 saturated heterocycles. The van der Waals surface area contributed by atoms with Gasteiger partial charge in [0.05, 0.1) is 6.61 Å². The Hall–Kier alpha value is -1.31. The van der Waals surface area contributed by atoms with Crippen molar-refractivity contribution < 1.29 is 32.8 Å². The summed E-state index contributed by atoms with van der Waals surface area (Å²) in [6.07, 6.45) is -5.29. The third kappa shape index (κ3) is 3.05. The van der Waals surface area contributed by atoms with Crippen molar-refractivity contribution in [2.45, 2.75) is 25.6 Å². The number of hydrogen-bond donors (Lipinski definition) is 1. The van der Waals surface area contributed by atoms with E-state index in [1.807, 2.05) is 0 Å². The zero-order chi connectivity index (χ0) is 15.6. The van der Waals surface area contributed by atoms with Gasteiger partial charge in [0.15, 0.2) is 0 Å². The summed E-state index contributed by atoms with van der Waals surface area (Å²) >= 11 is 5.72. The Kier molecular flexibility index (Phi) is 5.01. The Morgan fingerprint density at radius 2 is 2.00 bits per heavy atom. The molecule has 1 atom stereocenters. The van der Waals surface area contributed by atoms with Crippen LogP contribution < -0.4 is 0 Å². The standard InChI is InChI=1S/C12H12ClF3O4/c1-3-19-20-10(17)11(18,12(14,15)16)8-5-4-7(2)9(13)6-8/h4-6,18H,3H2,1-2H3. The number of halogens is 4. The van der Waals surface area contributed by atoms with Crippen molar-refractivity contribution in [2.75, 3.05) is 6.61 Å². The van der Waals surface area contributed by atoms with Gasteiger partial charge >= 0.3 is 12.1 Å². The van der Waals surface area contributed by atoms with Crippen molar-refractivity contribution in [3.63, 3.8) is 0 Å². The van der Waals surface area contributed by atoms with Crippen LogP contribution in [0.4, 0.5) is 13.2 Å². The molecule has 0 aliphatic heterocycles. The van der Waals surface area contributed by atoms with Crippen LogP contribution in [-0.2, 0) is 20.2 Å². The van der Waals surface area contributed by atoms with Crippen LogP contribution in [0.1, 0.15) is 18.1 Å². The lowest BCUT2D eigenvalue weighted by molar-refractivity contribution is -0.318. The fraction of sp³-hybridized carbons (Fsp3) is 0.417. The van der Waals surface area contributed by atoms with Crippen molar-refractivity contribution >= 4 is 17.6 Å². The smallest absolute Gasteiger partial charge is 0.367 e. The SMILES string of the molecule is CCOOC(=O)C(O)(c1ccc(C)c(Cl)c1)C(F)(F)F. The molecule has 0 spiro atoms. The van der Waals surface area contributed by atoms with Crippen molar-refractivity contribution in [3.8, 4) is 0 Å². The van der Waals surface area contributed by atoms with E-state index in [2.05, 4.69) is 9.78 Å². The second-order valence-corrected chi connectivity index (χ2v) is 4.36. The van der Waals surface area contributed by atoms with E-state index in [0.29, 0.717) is 5.56 Å². The van der Waals surface area contributed by atoms with E-state index in [0.717, 1.165) is 12.1 Å². The highest BCUT2D eigenvalue weighted by Gasteiger charge is 2.63. The van der Waals surface area contributed by atoms with Gasteiger partial charge in [0.2, 0.25) is 0 Å². The molecule has 1 N–H and O–H groups in total. The average molecular weight is 313 g/mol. The monoisotopic (exact) mass is 312 g/mol. The molecule has 1 aromatic carbocycles. The Morgan fingerprint density at radius 3 is 2.45 bits per heavy atom. The number of aryl methyl sites for hydroxylation is 1. The van der Waals surface area contributed by atoms with Crippen LogP contribution in [0, 0.1) is 6.92 Å². The maximum absolute atomic E-state index is 13.1. The summed E-state index contributed by atoms with van der Waals surface area (Å²) in [7, 11) is 0. The molecule has 0 aliphatic rings. The Labute approximate surface area is 118 Å². The van der Waals surface area contributed by atoms with Crippen molar-refractivity contribution in [1.29, 1.82) is 0 Å². The Bertz CT molecular complexity index is 504. The summed E-state index contributed by atoms with van der Waals surface area (Å²) in [6.45, 7) is 2.81. The highest BCUT2D eigenvalue weighted by molar-refractivity contribution is 6.31. The van der Waals surface area contributed by atoms with E-state index >= 15 is 0 Å². The lowest BCUT2D eigenvalue weighted by Gasteiger charge is -2.27. The molecule has 0 radical (unpaired) electrons. The highest BCUT2D eigenvalue weighted by Crippen LogP contribution is 2.41. The molecule has 0 bridgehead atoms. The minimum atomic E-state index is -5.29. The van der Waals surface area contributed by atoms with Gasteiger partial charge in [-0.15, -0.1) is 0 Å². The van der Waals surface area contributed by atoms with Gasteiger partial charge in [0, 0.05) is 10.6 Å². The van der Waals surface area contributed by atoms with Gasteiger partial charge in [-0.05, 0) is 25.5 Å². The number of carbonyl (C=O) groups excluding carboxylic acids is 1. The van der Waals surface area contributed by atoms with Crippen LogP contribution in [0.25, 0.3) is 0 Å². The molecule has 112 valence electrons. The van der Waals surface area contributed by atoms with Crippen LogP contribution >= 0.6 is 11.6 Å². The Balaban J connectivity index is 3.31. The first kappa shape index (κ1) is 16.7. The molecule has 8 heteroatoms. The van der Waals surface area contributed by atoms with E-state index < -0.39 is 23.3 Å². The molecule has 1 unspecified atom stereocenters. The number of aliphatic hydroxyl groups is 1. The quantitative estimate of drug-likeness (QED) is 0.686. The predicted octanol–water partition coefficient (Wildman–Crippen LogP) is 2.89. The summed E-state index contributed by atoms with van der Waals surface area (Å²) in [5.41, 5.74) is -4.09. The van der Waals surface area contributed by atoms with Gasteiger partial charge in [0.1, 0.15) is 0 Å². The summed E-state index contributed by atoms with van der Waals surface area (Å²) in [5, 5.41) is 9.77. The third-order valence-corrected chi connectivity index (χ3v) is 2.95. The fourth-order valence-corrected chi connectivity index (χ4v) is 1.57.